The minimum absolute atomic E-state index is 0.112. The van der Waals surface area contributed by atoms with E-state index in [1.807, 2.05) is 50.2 Å². The van der Waals surface area contributed by atoms with Gasteiger partial charge in [0.1, 0.15) is 5.00 Å². The summed E-state index contributed by atoms with van der Waals surface area (Å²) in [5.74, 6) is -0.477. The van der Waals surface area contributed by atoms with E-state index in [1.54, 1.807) is 41.7 Å². The van der Waals surface area contributed by atoms with Gasteiger partial charge in [-0.3, -0.25) is 14.4 Å². The molecular formula is C31H26ClN3O3S2. The number of hydrogen-bond donors (Lipinski definition) is 1. The summed E-state index contributed by atoms with van der Waals surface area (Å²) in [6, 6.07) is 18.1. The molecule has 4 aromatic rings. The standard InChI is InChI=1S/C31H26ClN3O3S2/c1-18-16-20(17-26-29(37)35(31(38)40-26)23-14-12-21(32)13-15-23)19(2)34(18)30-27(24-10-6-7-11-25(24)39-30)28(36)33-22-8-4-3-5-9-22/h3-5,8-9,12-17H,6-7,10-11H2,1-2H3,(H,33,36)/b26-17+. The fourth-order valence-corrected chi connectivity index (χ4v) is 7.78. The fraction of sp³-hybridized carbons (Fsp3) is 0.194. The Morgan fingerprint density at radius 3 is 2.48 bits per heavy atom. The lowest BCUT2D eigenvalue weighted by Crippen LogP contribution is -2.27. The molecule has 2 aromatic carbocycles. The molecule has 6 rings (SSSR count). The number of carbonyl (C=O) groups excluding carboxylic acids is 3. The molecule has 1 N–H and O–H groups in total. The first kappa shape index (κ1) is 26.6. The van der Waals surface area contributed by atoms with Crippen LogP contribution in [-0.2, 0) is 17.6 Å². The molecule has 0 spiro atoms. The molecule has 2 aliphatic rings. The van der Waals surface area contributed by atoms with Gasteiger partial charge < -0.3 is 9.88 Å². The molecular weight excluding hydrogens is 562 g/mol. The molecule has 2 aromatic heterocycles. The Morgan fingerprint density at radius 1 is 1.00 bits per heavy atom. The maximum absolute atomic E-state index is 13.7. The van der Waals surface area contributed by atoms with Crippen LogP contribution in [0.15, 0.2) is 65.6 Å². The number of fused-ring (bicyclic) bond motifs is 1. The molecule has 0 atom stereocenters. The lowest BCUT2D eigenvalue weighted by atomic mass is 9.95. The molecule has 0 saturated carbocycles. The summed E-state index contributed by atoms with van der Waals surface area (Å²) in [6.07, 6.45) is 5.80. The highest BCUT2D eigenvalue weighted by atomic mass is 35.5. The first-order chi connectivity index (χ1) is 19.3. The van der Waals surface area contributed by atoms with E-state index in [0.29, 0.717) is 15.6 Å². The second kappa shape index (κ2) is 10.8. The minimum Gasteiger partial charge on any atom is -0.322 e. The Balaban J connectivity index is 1.38. The Labute approximate surface area is 245 Å². The van der Waals surface area contributed by atoms with Crippen LogP contribution in [0.25, 0.3) is 11.1 Å². The molecule has 0 unspecified atom stereocenters. The minimum atomic E-state index is -0.364. The number of aryl methyl sites for hydroxylation is 2. The number of imide groups is 1. The number of anilines is 2. The number of para-hydroxylation sites is 1. The van der Waals surface area contributed by atoms with Crippen LogP contribution in [-0.4, -0.2) is 21.6 Å². The van der Waals surface area contributed by atoms with Crippen molar-refractivity contribution in [1.82, 2.24) is 4.57 Å². The number of nitrogens with one attached hydrogen (secondary N) is 1. The van der Waals surface area contributed by atoms with E-state index in [-0.39, 0.29) is 17.1 Å². The molecule has 3 amide bonds. The number of benzene rings is 2. The van der Waals surface area contributed by atoms with Gasteiger partial charge in [0.2, 0.25) is 0 Å². The zero-order valence-corrected chi connectivity index (χ0v) is 24.4. The molecule has 9 heteroatoms. The predicted molar refractivity (Wildman–Crippen MR) is 164 cm³/mol. The van der Waals surface area contributed by atoms with Crippen molar-refractivity contribution in [1.29, 1.82) is 0 Å². The highest BCUT2D eigenvalue weighted by Crippen LogP contribution is 2.41. The van der Waals surface area contributed by atoms with Gasteiger partial charge in [-0.15, -0.1) is 11.3 Å². The van der Waals surface area contributed by atoms with Gasteiger partial charge in [-0.1, -0.05) is 29.8 Å². The van der Waals surface area contributed by atoms with E-state index in [4.69, 9.17) is 11.6 Å². The van der Waals surface area contributed by atoms with E-state index in [9.17, 15) is 14.4 Å². The monoisotopic (exact) mass is 587 g/mol. The topological polar surface area (TPSA) is 71.4 Å². The van der Waals surface area contributed by atoms with Crippen LogP contribution in [0.1, 0.15) is 50.6 Å². The van der Waals surface area contributed by atoms with Gasteiger partial charge in [0, 0.05) is 27.0 Å². The first-order valence-electron chi connectivity index (χ1n) is 13.1. The van der Waals surface area contributed by atoms with Crippen molar-refractivity contribution in [2.24, 2.45) is 0 Å². The second-order valence-corrected chi connectivity index (χ2v) is 12.4. The van der Waals surface area contributed by atoms with Gasteiger partial charge in [-0.2, -0.15) is 0 Å². The molecule has 40 heavy (non-hydrogen) atoms. The maximum atomic E-state index is 13.7. The van der Waals surface area contributed by atoms with Crippen molar-refractivity contribution in [3.8, 4) is 5.00 Å². The Kier molecular flexibility index (Phi) is 7.16. The number of aromatic nitrogens is 1. The maximum Gasteiger partial charge on any atom is 0.298 e. The van der Waals surface area contributed by atoms with E-state index >= 15 is 0 Å². The molecule has 6 nitrogen and oxygen atoms in total. The summed E-state index contributed by atoms with van der Waals surface area (Å²) >= 11 is 8.58. The molecule has 202 valence electrons. The zero-order chi connectivity index (χ0) is 28.0. The normalized spacial score (nSPS) is 16.1. The summed E-state index contributed by atoms with van der Waals surface area (Å²) in [5.41, 5.74) is 5.79. The van der Waals surface area contributed by atoms with Crippen LogP contribution in [0, 0.1) is 13.8 Å². The number of nitrogens with zero attached hydrogens (tertiary/aromatic N) is 2. The van der Waals surface area contributed by atoms with Crippen molar-refractivity contribution >= 4 is 69.2 Å². The van der Waals surface area contributed by atoms with E-state index < -0.39 is 0 Å². The number of thioether (sulfide) groups is 1. The molecule has 1 saturated heterocycles. The summed E-state index contributed by atoms with van der Waals surface area (Å²) in [7, 11) is 0. The third kappa shape index (κ3) is 4.80. The Bertz CT molecular complexity index is 1690. The smallest absolute Gasteiger partial charge is 0.298 e. The van der Waals surface area contributed by atoms with Crippen LogP contribution >= 0.6 is 34.7 Å². The first-order valence-corrected chi connectivity index (χ1v) is 15.1. The van der Waals surface area contributed by atoms with Crippen LogP contribution < -0.4 is 10.2 Å². The van der Waals surface area contributed by atoms with Gasteiger partial charge in [0.05, 0.1) is 16.2 Å². The Hall–Kier alpha value is -3.59. The lowest BCUT2D eigenvalue weighted by Gasteiger charge is -2.14. The lowest BCUT2D eigenvalue weighted by molar-refractivity contribution is -0.113. The highest BCUT2D eigenvalue weighted by molar-refractivity contribution is 8.19. The molecule has 3 heterocycles. The number of amides is 3. The average molecular weight is 588 g/mol. The van der Waals surface area contributed by atoms with Crippen LogP contribution in [0.4, 0.5) is 16.2 Å². The van der Waals surface area contributed by atoms with Gasteiger partial charge in [-0.25, -0.2) is 4.90 Å². The fourth-order valence-electron chi connectivity index (χ4n) is 5.33. The second-order valence-electron chi connectivity index (χ2n) is 9.87. The average Bonchev–Trinajstić information content (AvgIpc) is 3.55. The van der Waals surface area contributed by atoms with E-state index in [2.05, 4.69) is 9.88 Å². The van der Waals surface area contributed by atoms with Crippen molar-refractivity contribution < 1.29 is 14.4 Å². The molecule has 1 aliphatic heterocycles. The van der Waals surface area contributed by atoms with E-state index in [1.165, 1.54) is 9.78 Å². The van der Waals surface area contributed by atoms with Crippen molar-refractivity contribution in [3.05, 3.63) is 104 Å². The Morgan fingerprint density at radius 2 is 1.73 bits per heavy atom. The third-order valence-electron chi connectivity index (χ3n) is 7.25. The van der Waals surface area contributed by atoms with Crippen molar-refractivity contribution in [2.75, 3.05) is 10.2 Å². The van der Waals surface area contributed by atoms with Gasteiger partial charge in [0.15, 0.2) is 0 Å². The summed E-state index contributed by atoms with van der Waals surface area (Å²) < 4.78 is 2.11. The number of hydrogen-bond acceptors (Lipinski definition) is 5. The molecule has 0 radical (unpaired) electrons. The van der Waals surface area contributed by atoms with Gasteiger partial charge >= 0.3 is 0 Å². The molecule has 1 fully saturated rings. The highest BCUT2D eigenvalue weighted by Gasteiger charge is 2.36. The van der Waals surface area contributed by atoms with Crippen LogP contribution in [0.2, 0.25) is 5.02 Å². The summed E-state index contributed by atoms with van der Waals surface area (Å²) in [6.45, 7) is 3.99. The zero-order valence-electron chi connectivity index (χ0n) is 22.0. The van der Waals surface area contributed by atoms with Crippen molar-refractivity contribution in [2.45, 2.75) is 39.5 Å². The van der Waals surface area contributed by atoms with Crippen LogP contribution in [0.5, 0.6) is 0 Å². The van der Waals surface area contributed by atoms with Crippen LogP contribution in [0.3, 0.4) is 0 Å². The molecule has 1 aliphatic carbocycles. The molecule has 0 bridgehead atoms. The van der Waals surface area contributed by atoms with Crippen molar-refractivity contribution in [3.63, 3.8) is 0 Å². The predicted octanol–water partition coefficient (Wildman–Crippen LogP) is 8.18. The number of thiophene rings is 1. The summed E-state index contributed by atoms with van der Waals surface area (Å²) in [5, 5.41) is 4.16. The SMILES string of the molecule is Cc1cc(/C=C2/SC(=O)N(c3ccc(Cl)cc3)C2=O)c(C)n1-c1sc2c(c1C(=O)Nc1ccccc1)CCCC2. The third-order valence-corrected chi connectivity index (χ3v) is 9.65. The number of halogens is 1. The van der Waals surface area contributed by atoms with Gasteiger partial charge in [-0.05, 0) is 111 Å². The van der Waals surface area contributed by atoms with Gasteiger partial charge in [0.25, 0.3) is 17.1 Å². The largest absolute Gasteiger partial charge is 0.322 e. The quantitative estimate of drug-likeness (QED) is 0.239. The van der Waals surface area contributed by atoms with E-state index in [0.717, 1.165) is 76.2 Å². The number of rotatable bonds is 5. The number of carbonyl (C=O) groups is 3. The summed E-state index contributed by atoms with van der Waals surface area (Å²) in [4.78, 5) is 42.5.